The van der Waals surface area contributed by atoms with Crippen LogP contribution in [0.2, 0.25) is 0 Å². The molecule has 0 saturated heterocycles. The molecule has 18 heavy (non-hydrogen) atoms. The molecular weight excluding hydrogens is 252 g/mol. The molecule has 2 heterocycles. The van der Waals surface area contributed by atoms with Crippen molar-refractivity contribution in [1.82, 2.24) is 9.78 Å². The summed E-state index contributed by atoms with van der Waals surface area (Å²) in [5, 5.41) is 13.1. The third-order valence-electron chi connectivity index (χ3n) is 2.44. The van der Waals surface area contributed by atoms with Gasteiger partial charge < -0.3 is 9.84 Å². The second kappa shape index (κ2) is 5.22. The third-order valence-corrected chi connectivity index (χ3v) is 3.69. The Kier molecular flexibility index (Phi) is 3.66. The lowest BCUT2D eigenvalue weighted by Crippen LogP contribution is -1.99. The molecule has 0 radical (unpaired) electrons. The van der Waals surface area contributed by atoms with E-state index in [2.05, 4.69) is 5.10 Å². The van der Waals surface area contributed by atoms with Crippen LogP contribution in [0.3, 0.4) is 0 Å². The first-order valence-corrected chi connectivity index (χ1v) is 6.38. The number of nitrogens with zero attached hydrogens (tertiary/aromatic N) is 2. The molecule has 2 aromatic rings. The SMILES string of the molecule is CCc1cc(OCc2cnn(C)c2)c(C(=O)O)s1. The Morgan fingerprint density at radius 2 is 2.39 bits per heavy atom. The first kappa shape index (κ1) is 12.6. The monoisotopic (exact) mass is 266 g/mol. The summed E-state index contributed by atoms with van der Waals surface area (Å²) in [4.78, 5) is 12.3. The Balaban J connectivity index is 2.12. The first-order chi connectivity index (χ1) is 8.60. The van der Waals surface area contributed by atoms with E-state index in [4.69, 9.17) is 9.84 Å². The van der Waals surface area contributed by atoms with Gasteiger partial charge in [-0.1, -0.05) is 6.92 Å². The smallest absolute Gasteiger partial charge is 0.349 e. The van der Waals surface area contributed by atoms with Gasteiger partial charge in [0.15, 0.2) is 4.88 Å². The number of rotatable bonds is 5. The molecule has 96 valence electrons. The molecule has 0 atom stereocenters. The lowest BCUT2D eigenvalue weighted by Gasteiger charge is -2.02. The second-order valence-electron chi connectivity index (χ2n) is 3.88. The van der Waals surface area contributed by atoms with Gasteiger partial charge in [-0.25, -0.2) is 4.79 Å². The summed E-state index contributed by atoms with van der Waals surface area (Å²) < 4.78 is 7.24. The van der Waals surface area contributed by atoms with Gasteiger partial charge in [0.2, 0.25) is 0 Å². The zero-order valence-corrected chi connectivity index (χ0v) is 11.0. The molecule has 0 spiro atoms. The highest BCUT2D eigenvalue weighted by Crippen LogP contribution is 2.30. The summed E-state index contributed by atoms with van der Waals surface area (Å²) in [5.41, 5.74) is 0.915. The summed E-state index contributed by atoms with van der Waals surface area (Å²) in [7, 11) is 1.83. The number of hydrogen-bond acceptors (Lipinski definition) is 4. The van der Waals surface area contributed by atoms with E-state index in [9.17, 15) is 4.79 Å². The van der Waals surface area contributed by atoms with Crippen LogP contribution in [0.4, 0.5) is 0 Å². The van der Waals surface area contributed by atoms with Crippen molar-refractivity contribution in [3.05, 3.63) is 33.8 Å². The van der Waals surface area contributed by atoms with E-state index in [1.54, 1.807) is 16.9 Å². The van der Waals surface area contributed by atoms with Crippen LogP contribution in [0.5, 0.6) is 5.75 Å². The number of aryl methyl sites for hydroxylation is 2. The fourth-order valence-electron chi connectivity index (χ4n) is 1.56. The van der Waals surface area contributed by atoms with E-state index >= 15 is 0 Å². The Labute approximate surface area is 109 Å². The molecule has 0 aromatic carbocycles. The van der Waals surface area contributed by atoms with E-state index in [-0.39, 0.29) is 4.88 Å². The number of carboxylic acid groups (broad SMARTS) is 1. The topological polar surface area (TPSA) is 64.4 Å². The van der Waals surface area contributed by atoms with Crippen LogP contribution in [0.25, 0.3) is 0 Å². The highest BCUT2D eigenvalue weighted by molar-refractivity contribution is 7.14. The van der Waals surface area contributed by atoms with Crippen molar-refractivity contribution in [1.29, 1.82) is 0 Å². The van der Waals surface area contributed by atoms with E-state index in [0.29, 0.717) is 12.4 Å². The van der Waals surface area contributed by atoms with Crippen LogP contribution in [-0.2, 0) is 20.1 Å². The average molecular weight is 266 g/mol. The van der Waals surface area contributed by atoms with Crippen molar-refractivity contribution < 1.29 is 14.6 Å². The molecule has 0 bridgehead atoms. The van der Waals surface area contributed by atoms with Crippen molar-refractivity contribution in [3.8, 4) is 5.75 Å². The molecule has 6 heteroatoms. The normalized spacial score (nSPS) is 10.6. The predicted octanol–water partition coefficient (Wildman–Crippen LogP) is 2.32. The maximum atomic E-state index is 11.1. The zero-order valence-electron chi connectivity index (χ0n) is 10.2. The summed E-state index contributed by atoms with van der Waals surface area (Å²) in [6.45, 7) is 2.32. The lowest BCUT2D eigenvalue weighted by molar-refractivity contribution is 0.0697. The molecular formula is C12H14N2O3S. The van der Waals surface area contributed by atoms with E-state index in [1.165, 1.54) is 11.3 Å². The predicted molar refractivity (Wildman–Crippen MR) is 68.2 cm³/mol. The molecule has 0 aliphatic carbocycles. The number of aromatic carboxylic acids is 1. The summed E-state index contributed by atoms with van der Waals surface area (Å²) >= 11 is 1.26. The number of hydrogen-bond donors (Lipinski definition) is 1. The van der Waals surface area contributed by atoms with Gasteiger partial charge in [0.25, 0.3) is 0 Å². The standard InChI is InChI=1S/C12H14N2O3S/c1-3-9-4-10(11(18-9)12(15)16)17-7-8-5-13-14(2)6-8/h4-6H,3,7H2,1-2H3,(H,15,16). The number of carbonyl (C=O) groups is 1. The fourth-order valence-corrected chi connectivity index (χ4v) is 2.44. The summed E-state index contributed by atoms with van der Waals surface area (Å²) in [6, 6.07) is 1.80. The molecule has 0 fully saturated rings. The number of thiophene rings is 1. The Morgan fingerprint density at radius 1 is 1.61 bits per heavy atom. The van der Waals surface area contributed by atoms with Crippen LogP contribution in [0.1, 0.15) is 27.0 Å². The van der Waals surface area contributed by atoms with Crippen molar-refractivity contribution in [2.24, 2.45) is 7.05 Å². The largest absolute Gasteiger partial charge is 0.487 e. The Bertz CT molecular complexity index is 559. The van der Waals surface area contributed by atoms with Crippen molar-refractivity contribution in [2.45, 2.75) is 20.0 Å². The third kappa shape index (κ3) is 2.70. The quantitative estimate of drug-likeness (QED) is 0.902. The van der Waals surface area contributed by atoms with E-state index < -0.39 is 5.97 Å². The summed E-state index contributed by atoms with van der Waals surface area (Å²) in [5.74, 6) is -0.505. The molecule has 0 aliphatic rings. The first-order valence-electron chi connectivity index (χ1n) is 5.56. The maximum Gasteiger partial charge on any atom is 0.349 e. The van der Waals surface area contributed by atoms with Gasteiger partial charge in [0.05, 0.1) is 6.20 Å². The van der Waals surface area contributed by atoms with Gasteiger partial charge in [-0.2, -0.15) is 5.10 Å². The van der Waals surface area contributed by atoms with Crippen molar-refractivity contribution in [2.75, 3.05) is 0 Å². The van der Waals surface area contributed by atoms with Gasteiger partial charge in [-0.3, -0.25) is 4.68 Å². The second-order valence-corrected chi connectivity index (χ2v) is 5.01. The minimum absolute atomic E-state index is 0.260. The van der Waals surface area contributed by atoms with Crippen molar-refractivity contribution >= 4 is 17.3 Å². The van der Waals surface area contributed by atoms with Crippen LogP contribution in [0.15, 0.2) is 18.5 Å². The molecule has 1 N–H and O–H groups in total. The minimum atomic E-state index is -0.944. The lowest BCUT2D eigenvalue weighted by atomic mass is 10.3. The van der Waals surface area contributed by atoms with Crippen LogP contribution >= 0.6 is 11.3 Å². The molecule has 0 saturated carbocycles. The number of ether oxygens (including phenoxy) is 1. The zero-order chi connectivity index (χ0) is 13.1. The Hall–Kier alpha value is -1.82. The van der Waals surface area contributed by atoms with Gasteiger partial charge >= 0.3 is 5.97 Å². The van der Waals surface area contributed by atoms with Crippen LogP contribution < -0.4 is 4.74 Å². The van der Waals surface area contributed by atoms with Gasteiger partial charge in [-0.05, 0) is 12.5 Å². The molecule has 0 amide bonds. The number of aromatic nitrogens is 2. The van der Waals surface area contributed by atoms with Crippen molar-refractivity contribution in [3.63, 3.8) is 0 Å². The van der Waals surface area contributed by atoms with Gasteiger partial charge in [0, 0.05) is 23.7 Å². The average Bonchev–Trinajstić information content (AvgIpc) is 2.92. The number of carboxylic acids is 1. The van der Waals surface area contributed by atoms with E-state index in [0.717, 1.165) is 16.9 Å². The highest BCUT2D eigenvalue weighted by atomic mass is 32.1. The minimum Gasteiger partial charge on any atom is -0.487 e. The highest BCUT2D eigenvalue weighted by Gasteiger charge is 2.16. The molecule has 0 aliphatic heterocycles. The molecule has 2 aromatic heterocycles. The van der Waals surface area contributed by atoms with E-state index in [1.807, 2.05) is 20.2 Å². The summed E-state index contributed by atoms with van der Waals surface area (Å²) in [6.07, 6.45) is 4.35. The maximum absolute atomic E-state index is 11.1. The van der Waals surface area contributed by atoms with Crippen LogP contribution in [-0.4, -0.2) is 20.9 Å². The van der Waals surface area contributed by atoms with Crippen LogP contribution in [0, 0.1) is 0 Å². The van der Waals surface area contributed by atoms with Gasteiger partial charge in [0.1, 0.15) is 12.4 Å². The van der Waals surface area contributed by atoms with Gasteiger partial charge in [-0.15, -0.1) is 11.3 Å². The molecule has 2 rings (SSSR count). The fraction of sp³-hybridized carbons (Fsp3) is 0.333. The molecule has 5 nitrogen and oxygen atoms in total. The molecule has 0 unspecified atom stereocenters. The Morgan fingerprint density at radius 3 is 2.94 bits per heavy atom.